The Morgan fingerprint density at radius 2 is 2.27 bits per heavy atom. The van der Waals surface area contributed by atoms with Crippen LogP contribution in [0.15, 0.2) is 0 Å². The van der Waals surface area contributed by atoms with Crippen LogP contribution in [0.3, 0.4) is 0 Å². The number of thioether (sulfide) groups is 1. The molecule has 11 heavy (non-hydrogen) atoms. The third-order valence-electron chi connectivity index (χ3n) is 0.774. The van der Waals surface area contributed by atoms with E-state index in [-0.39, 0.29) is 24.4 Å². The minimum atomic E-state index is -1.32. The number of aliphatic carboxylic acids is 1. The Balaban J connectivity index is 0. The normalized spacial score (nSPS) is 11.8. The standard InChI is InChI=1S/C5H10O4S.Sb/c1-9-2-3-10-5(8)4(6)7;/h5,8H,2-3H2,1H3,(H,6,7);. The molecule has 6 heteroatoms. The Morgan fingerprint density at radius 3 is 2.64 bits per heavy atom. The number of carboxylic acid groups (broad SMARTS) is 1. The second-order valence-electron chi connectivity index (χ2n) is 1.55. The summed E-state index contributed by atoms with van der Waals surface area (Å²) in [5.41, 5.74) is -1.32. The first-order valence-corrected chi connectivity index (χ1v) is 3.74. The summed E-state index contributed by atoms with van der Waals surface area (Å²) in [6.45, 7) is 0.453. The molecule has 2 N–H and O–H groups in total. The van der Waals surface area contributed by atoms with Crippen LogP contribution in [0.1, 0.15) is 0 Å². The maximum absolute atomic E-state index is 9.98. The van der Waals surface area contributed by atoms with Crippen LogP contribution >= 0.6 is 11.8 Å². The van der Waals surface area contributed by atoms with E-state index in [0.29, 0.717) is 12.4 Å². The van der Waals surface area contributed by atoms with Gasteiger partial charge in [0.05, 0.1) is 6.61 Å². The molecule has 0 bridgehead atoms. The van der Waals surface area contributed by atoms with Crippen molar-refractivity contribution in [2.75, 3.05) is 19.5 Å². The van der Waals surface area contributed by atoms with Crippen LogP contribution in [-0.2, 0) is 9.53 Å². The summed E-state index contributed by atoms with van der Waals surface area (Å²) in [6.07, 6.45) is 0. The maximum atomic E-state index is 9.98. The van der Waals surface area contributed by atoms with Gasteiger partial charge in [-0.15, -0.1) is 11.8 Å². The molecule has 0 fully saturated rings. The number of rotatable bonds is 5. The van der Waals surface area contributed by atoms with E-state index in [1.165, 1.54) is 7.11 Å². The Labute approximate surface area is 86.8 Å². The number of hydrogen-bond acceptors (Lipinski definition) is 4. The van der Waals surface area contributed by atoms with Gasteiger partial charge in [0.1, 0.15) is 0 Å². The second-order valence-corrected chi connectivity index (χ2v) is 2.74. The summed E-state index contributed by atoms with van der Waals surface area (Å²) in [5, 5.41) is 16.8. The number of ether oxygens (including phenoxy) is 1. The smallest absolute Gasteiger partial charge is 0.343 e. The van der Waals surface area contributed by atoms with Crippen molar-refractivity contribution in [3.05, 3.63) is 0 Å². The summed E-state index contributed by atoms with van der Waals surface area (Å²) in [7, 11) is 1.52. The molecule has 0 spiro atoms. The molecule has 1 unspecified atom stereocenters. The largest absolute Gasteiger partial charge is 0.479 e. The van der Waals surface area contributed by atoms with Crippen LogP contribution < -0.4 is 0 Å². The van der Waals surface area contributed by atoms with Crippen LogP contribution in [-0.4, -0.2) is 65.5 Å². The summed E-state index contributed by atoms with van der Waals surface area (Å²) in [4.78, 5) is 9.98. The van der Waals surface area contributed by atoms with Crippen molar-refractivity contribution in [1.29, 1.82) is 0 Å². The van der Waals surface area contributed by atoms with Gasteiger partial charge in [-0.25, -0.2) is 4.79 Å². The van der Waals surface area contributed by atoms with Gasteiger partial charge < -0.3 is 14.9 Å². The number of carboxylic acids is 1. The van der Waals surface area contributed by atoms with Crippen molar-refractivity contribution in [2.45, 2.75) is 5.44 Å². The van der Waals surface area contributed by atoms with Gasteiger partial charge in [-0.05, 0) is 0 Å². The molecule has 1 atom stereocenters. The molecule has 0 aliphatic rings. The van der Waals surface area contributed by atoms with Crippen LogP contribution in [0.5, 0.6) is 0 Å². The van der Waals surface area contributed by atoms with Crippen molar-refractivity contribution >= 4 is 42.2 Å². The molecule has 0 aromatic rings. The van der Waals surface area contributed by atoms with Crippen molar-refractivity contribution < 1.29 is 19.7 Å². The van der Waals surface area contributed by atoms with E-state index >= 15 is 0 Å². The number of aliphatic hydroxyl groups excluding tert-OH is 1. The molecule has 65 valence electrons. The van der Waals surface area contributed by atoms with E-state index < -0.39 is 11.4 Å². The third kappa shape index (κ3) is 8.46. The van der Waals surface area contributed by atoms with Crippen molar-refractivity contribution in [2.24, 2.45) is 0 Å². The van der Waals surface area contributed by atoms with Crippen LogP contribution in [0.2, 0.25) is 0 Å². The first-order valence-electron chi connectivity index (χ1n) is 2.70. The fourth-order valence-corrected chi connectivity index (χ4v) is 0.943. The van der Waals surface area contributed by atoms with Gasteiger partial charge in [0.15, 0.2) is 5.44 Å². The zero-order valence-electron chi connectivity index (χ0n) is 6.06. The van der Waals surface area contributed by atoms with Gasteiger partial charge in [0.25, 0.3) is 0 Å². The number of hydrogen-bond donors (Lipinski definition) is 2. The SMILES string of the molecule is COCCSC(O)C(=O)O.[Sb]. The third-order valence-corrected chi connectivity index (χ3v) is 1.69. The molecule has 0 heterocycles. The van der Waals surface area contributed by atoms with E-state index in [0.717, 1.165) is 11.8 Å². The van der Waals surface area contributed by atoms with E-state index in [1.807, 2.05) is 0 Å². The van der Waals surface area contributed by atoms with Crippen LogP contribution in [0.4, 0.5) is 0 Å². The molecular formula is C5H10O4SSb. The van der Waals surface area contributed by atoms with Gasteiger partial charge in [0, 0.05) is 37.3 Å². The predicted molar refractivity (Wildman–Crippen MR) is 43.7 cm³/mol. The van der Waals surface area contributed by atoms with Crippen molar-refractivity contribution in [1.82, 2.24) is 0 Å². The molecule has 0 saturated heterocycles. The fourth-order valence-electron chi connectivity index (χ4n) is 0.314. The maximum Gasteiger partial charge on any atom is 0.343 e. The van der Waals surface area contributed by atoms with E-state index in [1.54, 1.807) is 0 Å². The molecule has 0 aliphatic heterocycles. The van der Waals surface area contributed by atoms with E-state index in [4.69, 9.17) is 10.2 Å². The molecule has 0 aliphatic carbocycles. The van der Waals surface area contributed by atoms with Gasteiger partial charge in [-0.1, -0.05) is 0 Å². The number of aliphatic hydroxyl groups is 1. The summed E-state index contributed by atoms with van der Waals surface area (Å²) in [6, 6.07) is 0. The topological polar surface area (TPSA) is 66.8 Å². The Morgan fingerprint density at radius 1 is 1.73 bits per heavy atom. The van der Waals surface area contributed by atoms with Gasteiger partial charge in [-0.2, -0.15) is 0 Å². The molecule has 0 aromatic heterocycles. The van der Waals surface area contributed by atoms with Gasteiger partial charge >= 0.3 is 5.97 Å². The summed E-state index contributed by atoms with van der Waals surface area (Å²) < 4.78 is 4.65. The minimum absolute atomic E-state index is 0. The quantitative estimate of drug-likeness (QED) is 0.401. The number of methoxy groups -OCH3 is 1. The first-order chi connectivity index (χ1) is 4.68. The molecule has 0 rings (SSSR count). The Kier molecular flexibility index (Phi) is 11.1. The number of carbonyl (C=O) groups is 1. The molecular weight excluding hydrogens is 278 g/mol. The van der Waals surface area contributed by atoms with Gasteiger partial charge in [0.2, 0.25) is 0 Å². The monoisotopic (exact) mass is 287 g/mol. The first kappa shape index (κ1) is 14.1. The summed E-state index contributed by atoms with van der Waals surface area (Å²) >= 11 is 0.940. The average Bonchev–Trinajstić information content (AvgIpc) is 1.88. The Hall–Kier alpha value is 0.558. The van der Waals surface area contributed by atoms with Crippen molar-refractivity contribution in [3.63, 3.8) is 0 Å². The van der Waals surface area contributed by atoms with Crippen molar-refractivity contribution in [3.8, 4) is 0 Å². The van der Waals surface area contributed by atoms with Gasteiger partial charge in [-0.3, -0.25) is 0 Å². The molecule has 3 radical (unpaired) electrons. The second kappa shape index (κ2) is 8.65. The van der Waals surface area contributed by atoms with Crippen LogP contribution in [0, 0.1) is 0 Å². The zero-order valence-corrected chi connectivity index (χ0v) is 9.43. The molecule has 4 nitrogen and oxygen atoms in total. The predicted octanol–water partition coefficient (Wildman–Crippen LogP) is -0.612. The minimum Gasteiger partial charge on any atom is -0.479 e. The Bertz CT molecular complexity index is 111. The molecule has 0 aromatic carbocycles. The fraction of sp³-hybridized carbons (Fsp3) is 0.800. The summed E-state index contributed by atoms with van der Waals surface area (Å²) in [5.74, 6) is -0.717. The molecule has 0 saturated carbocycles. The van der Waals surface area contributed by atoms with E-state index in [2.05, 4.69) is 4.74 Å². The van der Waals surface area contributed by atoms with E-state index in [9.17, 15) is 4.79 Å². The molecule has 0 amide bonds. The van der Waals surface area contributed by atoms with Crippen LogP contribution in [0.25, 0.3) is 0 Å². The average molecular weight is 288 g/mol. The zero-order chi connectivity index (χ0) is 7.98.